The van der Waals surface area contributed by atoms with E-state index in [0.717, 1.165) is 31.6 Å². The summed E-state index contributed by atoms with van der Waals surface area (Å²) < 4.78 is 0. The standard InChI is InChI=1S/C14H24N2O4S/c1-9-3-5-11(6-4-9)16-13(18)8-21-7-12(14(19)20)15-10(2)17/h9,11-12H,3-8H2,1-2H3,(H,15,17)(H,16,18)(H,19,20). The van der Waals surface area contributed by atoms with Gasteiger partial charge in [0.05, 0.1) is 5.75 Å². The molecule has 1 aliphatic rings. The Hall–Kier alpha value is -1.24. The van der Waals surface area contributed by atoms with Gasteiger partial charge >= 0.3 is 5.97 Å². The van der Waals surface area contributed by atoms with Crippen molar-refractivity contribution in [3.63, 3.8) is 0 Å². The predicted octanol–water partition coefficient (Wildman–Crippen LogP) is 1.00. The molecule has 0 radical (unpaired) electrons. The molecule has 1 unspecified atom stereocenters. The van der Waals surface area contributed by atoms with Gasteiger partial charge in [-0.15, -0.1) is 11.8 Å². The van der Waals surface area contributed by atoms with Crippen LogP contribution >= 0.6 is 11.8 Å². The van der Waals surface area contributed by atoms with E-state index in [0.29, 0.717) is 0 Å². The van der Waals surface area contributed by atoms with E-state index in [4.69, 9.17) is 5.11 Å². The summed E-state index contributed by atoms with van der Waals surface area (Å²) >= 11 is 1.22. The number of rotatable bonds is 7. The molecular weight excluding hydrogens is 292 g/mol. The number of hydrogen-bond donors (Lipinski definition) is 3. The van der Waals surface area contributed by atoms with Crippen molar-refractivity contribution in [2.45, 2.75) is 51.6 Å². The zero-order valence-corrected chi connectivity index (χ0v) is 13.4. The maximum atomic E-state index is 11.8. The van der Waals surface area contributed by atoms with Gasteiger partial charge in [-0.05, 0) is 31.6 Å². The molecule has 0 bridgehead atoms. The van der Waals surface area contributed by atoms with Crippen molar-refractivity contribution in [3.8, 4) is 0 Å². The summed E-state index contributed by atoms with van der Waals surface area (Å²) in [5.74, 6) is -0.393. The Balaban J connectivity index is 2.22. The molecule has 2 amide bonds. The molecule has 1 rings (SSSR count). The average molecular weight is 316 g/mol. The van der Waals surface area contributed by atoms with Crippen molar-refractivity contribution in [2.24, 2.45) is 5.92 Å². The van der Waals surface area contributed by atoms with Crippen molar-refractivity contribution in [2.75, 3.05) is 11.5 Å². The highest BCUT2D eigenvalue weighted by atomic mass is 32.2. The molecule has 0 aromatic heterocycles. The zero-order valence-electron chi connectivity index (χ0n) is 12.6. The second-order valence-electron chi connectivity index (χ2n) is 5.63. The van der Waals surface area contributed by atoms with Gasteiger partial charge < -0.3 is 15.7 Å². The Bertz CT molecular complexity index is 381. The van der Waals surface area contributed by atoms with Crippen molar-refractivity contribution in [1.29, 1.82) is 0 Å². The van der Waals surface area contributed by atoms with Crippen LogP contribution in [0.15, 0.2) is 0 Å². The fourth-order valence-corrected chi connectivity index (χ4v) is 3.21. The molecule has 120 valence electrons. The number of carboxylic acids is 1. The molecular formula is C14H24N2O4S. The number of carbonyl (C=O) groups excluding carboxylic acids is 2. The molecule has 21 heavy (non-hydrogen) atoms. The molecule has 0 aliphatic heterocycles. The van der Waals surface area contributed by atoms with Gasteiger partial charge in [0.2, 0.25) is 11.8 Å². The molecule has 0 aromatic carbocycles. The summed E-state index contributed by atoms with van der Waals surface area (Å²) in [5, 5.41) is 14.3. The number of hydrogen-bond acceptors (Lipinski definition) is 4. The smallest absolute Gasteiger partial charge is 0.327 e. The number of carboxylic acid groups (broad SMARTS) is 1. The lowest BCUT2D eigenvalue weighted by Gasteiger charge is -2.26. The van der Waals surface area contributed by atoms with E-state index in [1.165, 1.54) is 18.7 Å². The van der Waals surface area contributed by atoms with Crippen molar-refractivity contribution >= 4 is 29.5 Å². The van der Waals surface area contributed by atoms with Crippen LogP contribution in [-0.4, -0.2) is 46.5 Å². The Morgan fingerprint density at radius 1 is 1.24 bits per heavy atom. The minimum absolute atomic E-state index is 0.0634. The highest BCUT2D eigenvalue weighted by molar-refractivity contribution is 8.00. The molecule has 7 heteroatoms. The molecule has 0 heterocycles. The lowest BCUT2D eigenvalue weighted by Crippen LogP contribution is -2.42. The van der Waals surface area contributed by atoms with Gasteiger partial charge in [0.1, 0.15) is 6.04 Å². The van der Waals surface area contributed by atoms with Crippen LogP contribution in [0.3, 0.4) is 0 Å². The SMILES string of the molecule is CC(=O)NC(CSCC(=O)NC1CCC(C)CC1)C(=O)O. The first-order chi connectivity index (χ1) is 9.88. The number of aliphatic carboxylic acids is 1. The van der Waals surface area contributed by atoms with Crippen molar-refractivity contribution in [1.82, 2.24) is 10.6 Å². The molecule has 6 nitrogen and oxygen atoms in total. The Morgan fingerprint density at radius 2 is 1.86 bits per heavy atom. The molecule has 0 spiro atoms. The van der Waals surface area contributed by atoms with Gasteiger partial charge in [-0.3, -0.25) is 9.59 Å². The van der Waals surface area contributed by atoms with Crippen molar-refractivity contribution in [3.05, 3.63) is 0 Å². The van der Waals surface area contributed by atoms with Crippen LogP contribution in [0.4, 0.5) is 0 Å². The Kier molecular flexibility index (Phi) is 7.56. The monoisotopic (exact) mass is 316 g/mol. The Labute approximate surface area is 129 Å². The lowest BCUT2D eigenvalue weighted by molar-refractivity contribution is -0.140. The summed E-state index contributed by atoms with van der Waals surface area (Å²) in [6.07, 6.45) is 4.31. The quantitative estimate of drug-likeness (QED) is 0.651. The topological polar surface area (TPSA) is 95.5 Å². The van der Waals surface area contributed by atoms with Crippen molar-refractivity contribution < 1.29 is 19.5 Å². The van der Waals surface area contributed by atoms with E-state index in [1.807, 2.05) is 0 Å². The summed E-state index contributed by atoms with van der Waals surface area (Å²) in [6, 6.07) is -0.698. The summed E-state index contributed by atoms with van der Waals surface area (Å²) in [5.41, 5.74) is 0. The van der Waals surface area contributed by atoms with E-state index in [2.05, 4.69) is 17.6 Å². The van der Waals surface area contributed by atoms with Gasteiger partial charge in [0.25, 0.3) is 0 Å². The van der Waals surface area contributed by atoms with Crippen LogP contribution < -0.4 is 10.6 Å². The van der Waals surface area contributed by atoms with Crippen LogP contribution in [0.5, 0.6) is 0 Å². The summed E-state index contributed by atoms with van der Waals surface area (Å²) in [7, 11) is 0. The Morgan fingerprint density at radius 3 is 2.38 bits per heavy atom. The third-order valence-corrected chi connectivity index (χ3v) is 4.61. The maximum Gasteiger partial charge on any atom is 0.327 e. The van der Waals surface area contributed by atoms with Gasteiger partial charge in [-0.25, -0.2) is 4.79 Å². The fraction of sp³-hybridized carbons (Fsp3) is 0.786. The highest BCUT2D eigenvalue weighted by Crippen LogP contribution is 2.23. The molecule has 1 fully saturated rings. The van der Waals surface area contributed by atoms with Gasteiger partial charge in [0.15, 0.2) is 0 Å². The number of nitrogens with one attached hydrogen (secondary N) is 2. The van der Waals surface area contributed by atoms with Crippen LogP contribution in [0.1, 0.15) is 39.5 Å². The largest absolute Gasteiger partial charge is 0.480 e. The van der Waals surface area contributed by atoms with E-state index in [-0.39, 0.29) is 29.4 Å². The summed E-state index contributed by atoms with van der Waals surface area (Å²) in [4.78, 5) is 33.6. The lowest BCUT2D eigenvalue weighted by atomic mass is 9.87. The van der Waals surface area contributed by atoms with Crippen LogP contribution in [0.25, 0.3) is 0 Å². The number of thioether (sulfide) groups is 1. The zero-order chi connectivity index (χ0) is 15.8. The van der Waals surface area contributed by atoms with E-state index < -0.39 is 12.0 Å². The van der Waals surface area contributed by atoms with Crippen LogP contribution in [0, 0.1) is 5.92 Å². The first kappa shape index (κ1) is 17.8. The second kappa shape index (κ2) is 8.92. The third kappa shape index (κ3) is 7.36. The fourth-order valence-electron chi connectivity index (χ4n) is 2.36. The molecule has 1 aliphatic carbocycles. The molecule has 1 saturated carbocycles. The average Bonchev–Trinajstić information content (AvgIpc) is 2.39. The van der Waals surface area contributed by atoms with E-state index in [1.54, 1.807) is 0 Å². The summed E-state index contributed by atoms with van der Waals surface area (Å²) in [6.45, 7) is 3.50. The first-order valence-electron chi connectivity index (χ1n) is 7.25. The molecule has 3 N–H and O–H groups in total. The number of carbonyl (C=O) groups is 3. The highest BCUT2D eigenvalue weighted by Gasteiger charge is 2.21. The second-order valence-corrected chi connectivity index (χ2v) is 6.66. The van der Waals surface area contributed by atoms with Gasteiger partial charge in [0, 0.05) is 18.7 Å². The minimum Gasteiger partial charge on any atom is -0.480 e. The number of amides is 2. The predicted molar refractivity (Wildman–Crippen MR) is 82.1 cm³/mol. The minimum atomic E-state index is -1.08. The van der Waals surface area contributed by atoms with Gasteiger partial charge in [-0.1, -0.05) is 6.92 Å². The molecule has 1 atom stereocenters. The van der Waals surface area contributed by atoms with E-state index in [9.17, 15) is 14.4 Å². The normalized spacial score (nSPS) is 23.1. The van der Waals surface area contributed by atoms with Crippen LogP contribution in [-0.2, 0) is 14.4 Å². The molecule has 0 aromatic rings. The maximum absolute atomic E-state index is 11.8. The first-order valence-corrected chi connectivity index (χ1v) is 8.41. The van der Waals surface area contributed by atoms with Crippen LogP contribution in [0.2, 0.25) is 0 Å². The molecule has 0 saturated heterocycles. The van der Waals surface area contributed by atoms with E-state index >= 15 is 0 Å². The third-order valence-electron chi connectivity index (χ3n) is 3.57. The van der Waals surface area contributed by atoms with Gasteiger partial charge in [-0.2, -0.15) is 0 Å².